The number of piperazine rings is 1. The standard InChI is InChI=1S/C27H30N4O2/c1-22-10-12-23(13-11-22)20-30-14-16-31(17-15-30)21-27(32)29-28-19-24-6-5-9-26(18-24)33-25-7-3-2-4-8-25/h2-13,18-19H,14-17,20-21H2,1H3,(H,29,32)/b28-19-. The van der Waals surface area contributed by atoms with E-state index < -0.39 is 0 Å². The fourth-order valence-corrected chi connectivity index (χ4v) is 3.76. The molecule has 1 aliphatic rings. The summed E-state index contributed by atoms with van der Waals surface area (Å²) in [6.45, 7) is 7.08. The number of amides is 1. The minimum Gasteiger partial charge on any atom is -0.457 e. The van der Waals surface area contributed by atoms with Gasteiger partial charge < -0.3 is 4.74 Å². The number of hydrazone groups is 1. The van der Waals surface area contributed by atoms with Crippen LogP contribution in [0.5, 0.6) is 11.5 Å². The van der Waals surface area contributed by atoms with Crippen molar-refractivity contribution in [2.75, 3.05) is 32.7 Å². The number of nitrogens with one attached hydrogen (secondary N) is 1. The molecule has 0 unspecified atom stereocenters. The van der Waals surface area contributed by atoms with Gasteiger partial charge in [0.15, 0.2) is 0 Å². The Hall–Kier alpha value is -3.48. The van der Waals surface area contributed by atoms with Gasteiger partial charge in [0.1, 0.15) is 11.5 Å². The number of hydrogen-bond acceptors (Lipinski definition) is 5. The highest BCUT2D eigenvalue weighted by Crippen LogP contribution is 2.21. The molecular formula is C27H30N4O2. The largest absolute Gasteiger partial charge is 0.457 e. The van der Waals surface area contributed by atoms with Crippen LogP contribution in [0.25, 0.3) is 0 Å². The van der Waals surface area contributed by atoms with Gasteiger partial charge in [-0.2, -0.15) is 5.10 Å². The number of para-hydroxylation sites is 1. The maximum atomic E-state index is 12.3. The summed E-state index contributed by atoms with van der Waals surface area (Å²) in [4.78, 5) is 16.9. The molecule has 0 bridgehead atoms. The van der Waals surface area contributed by atoms with Crippen molar-refractivity contribution in [3.8, 4) is 11.5 Å². The molecule has 0 saturated carbocycles. The van der Waals surface area contributed by atoms with Crippen LogP contribution in [-0.4, -0.2) is 54.6 Å². The van der Waals surface area contributed by atoms with Crippen LogP contribution in [-0.2, 0) is 11.3 Å². The number of carbonyl (C=O) groups is 1. The van der Waals surface area contributed by atoms with Crippen LogP contribution in [0.2, 0.25) is 0 Å². The second-order valence-corrected chi connectivity index (χ2v) is 8.32. The summed E-state index contributed by atoms with van der Waals surface area (Å²) in [6.07, 6.45) is 1.63. The van der Waals surface area contributed by atoms with Gasteiger partial charge in [0.05, 0.1) is 12.8 Å². The molecule has 3 aromatic carbocycles. The maximum absolute atomic E-state index is 12.3. The molecule has 4 rings (SSSR count). The van der Waals surface area contributed by atoms with E-state index in [1.54, 1.807) is 6.21 Å². The van der Waals surface area contributed by atoms with E-state index in [1.807, 2.05) is 54.6 Å². The Balaban J connectivity index is 1.19. The molecule has 0 aromatic heterocycles. The highest BCUT2D eigenvalue weighted by molar-refractivity contribution is 5.83. The lowest BCUT2D eigenvalue weighted by atomic mass is 10.1. The van der Waals surface area contributed by atoms with E-state index >= 15 is 0 Å². The minimum atomic E-state index is -0.102. The summed E-state index contributed by atoms with van der Waals surface area (Å²) >= 11 is 0. The molecule has 1 N–H and O–H groups in total. The first-order chi connectivity index (χ1) is 16.1. The van der Waals surface area contributed by atoms with E-state index in [2.05, 4.69) is 51.5 Å². The van der Waals surface area contributed by atoms with Gasteiger partial charge in [0.25, 0.3) is 5.91 Å². The molecule has 0 atom stereocenters. The Morgan fingerprint density at radius 1 is 0.909 bits per heavy atom. The van der Waals surface area contributed by atoms with Gasteiger partial charge in [-0.05, 0) is 42.3 Å². The Bertz CT molecular complexity index is 1060. The van der Waals surface area contributed by atoms with E-state index in [4.69, 9.17) is 4.74 Å². The fourth-order valence-electron chi connectivity index (χ4n) is 3.76. The summed E-state index contributed by atoms with van der Waals surface area (Å²) < 4.78 is 5.84. The second-order valence-electron chi connectivity index (χ2n) is 8.32. The zero-order valence-electron chi connectivity index (χ0n) is 19.0. The minimum absolute atomic E-state index is 0.102. The topological polar surface area (TPSA) is 57.2 Å². The van der Waals surface area contributed by atoms with Crippen LogP contribution in [0.15, 0.2) is 84.0 Å². The normalized spacial score (nSPS) is 14.9. The molecule has 0 spiro atoms. The van der Waals surface area contributed by atoms with Crippen molar-refractivity contribution in [2.24, 2.45) is 5.10 Å². The number of carbonyl (C=O) groups excluding carboxylic acids is 1. The number of benzene rings is 3. The van der Waals surface area contributed by atoms with Crippen LogP contribution in [0.3, 0.4) is 0 Å². The van der Waals surface area contributed by atoms with Crippen molar-refractivity contribution >= 4 is 12.1 Å². The molecule has 6 nitrogen and oxygen atoms in total. The average Bonchev–Trinajstić information content (AvgIpc) is 2.83. The van der Waals surface area contributed by atoms with Crippen molar-refractivity contribution in [1.29, 1.82) is 0 Å². The van der Waals surface area contributed by atoms with E-state index in [9.17, 15) is 4.79 Å². The summed E-state index contributed by atoms with van der Waals surface area (Å²) in [6, 6.07) is 25.9. The smallest absolute Gasteiger partial charge is 0.254 e. The van der Waals surface area contributed by atoms with Crippen molar-refractivity contribution in [3.05, 3.63) is 95.6 Å². The molecule has 33 heavy (non-hydrogen) atoms. The molecule has 1 saturated heterocycles. The number of nitrogens with zero attached hydrogens (tertiary/aromatic N) is 3. The third-order valence-electron chi connectivity index (χ3n) is 5.60. The summed E-state index contributed by atoms with van der Waals surface area (Å²) in [5, 5.41) is 4.12. The summed E-state index contributed by atoms with van der Waals surface area (Å²) in [5.41, 5.74) is 6.11. The van der Waals surface area contributed by atoms with Gasteiger partial charge in [-0.15, -0.1) is 0 Å². The zero-order chi connectivity index (χ0) is 22.9. The molecule has 1 heterocycles. The number of hydrogen-bond donors (Lipinski definition) is 1. The molecule has 1 amide bonds. The first kappa shape index (κ1) is 22.7. The van der Waals surface area contributed by atoms with Gasteiger partial charge in [-0.25, -0.2) is 5.43 Å². The number of rotatable bonds is 8. The van der Waals surface area contributed by atoms with E-state index in [-0.39, 0.29) is 5.91 Å². The van der Waals surface area contributed by atoms with E-state index in [1.165, 1.54) is 11.1 Å². The SMILES string of the molecule is Cc1ccc(CN2CCN(CC(=O)N/N=C\c3cccc(Oc4ccccc4)c3)CC2)cc1. The van der Waals surface area contributed by atoms with Crippen LogP contribution in [0.1, 0.15) is 16.7 Å². The second kappa shape index (κ2) is 11.4. The molecule has 170 valence electrons. The molecule has 0 aliphatic carbocycles. The van der Waals surface area contributed by atoms with Crippen LogP contribution >= 0.6 is 0 Å². The highest BCUT2D eigenvalue weighted by Gasteiger charge is 2.18. The van der Waals surface area contributed by atoms with Crippen molar-refractivity contribution in [2.45, 2.75) is 13.5 Å². The van der Waals surface area contributed by atoms with Gasteiger partial charge in [0, 0.05) is 32.7 Å². The Kier molecular flexibility index (Phi) is 7.85. The molecular weight excluding hydrogens is 412 g/mol. The average molecular weight is 443 g/mol. The molecule has 0 radical (unpaired) electrons. The third-order valence-corrected chi connectivity index (χ3v) is 5.60. The predicted molar refractivity (Wildman–Crippen MR) is 132 cm³/mol. The van der Waals surface area contributed by atoms with Crippen LogP contribution in [0, 0.1) is 6.92 Å². The Morgan fingerprint density at radius 3 is 2.36 bits per heavy atom. The van der Waals surface area contributed by atoms with Gasteiger partial charge >= 0.3 is 0 Å². The van der Waals surface area contributed by atoms with Crippen LogP contribution < -0.4 is 10.2 Å². The number of ether oxygens (including phenoxy) is 1. The maximum Gasteiger partial charge on any atom is 0.254 e. The first-order valence-corrected chi connectivity index (χ1v) is 11.3. The molecule has 6 heteroatoms. The third kappa shape index (κ3) is 7.27. The van der Waals surface area contributed by atoms with Gasteiger partial charge in [-0.1, -0.05) is 60.2 Å². The van der Waals surface area contributed by atoms with E-state index in [0.29, 0.717) is 6.54 Å². The highest BCUT2D eigenvalue weighted by atomic mass is 16.5. The van der Waals surface area contributed by atoms with Crippen molar-refractivity contribution in [3.63, 3.8) is 0 Å². The van der Waals surface area contributed by atoms with Crippen LogP contribution in [0.4, 0.5) is 0 Å². The van der Waals surface area contributed by atoms with E-state index in [0.717, 1.165) is 49.8 Å². The lowest BCUT2D eigenvalue weighted by Gasteiger charge is -2.34. The monoisotopic (exact) mass is 442 g/mol. The lowest BCUT2D eigenvalue weighted by molar-refractivity contribution is -0.122. The summed E-state index contributed by atoms with van der Waals surface area (Å²) in [7, 11) is 0. The van der Waals surface area contributed by atoms with Crippen molar-refractivity contribution < 1.29 is 9.53 Å². The van der Waals surface area contributed by atoms with Gasteiger partial charge in [0.2, 0.25) is 0 Å². The van der Waals surface area contributed by atoms with Crippen molar-refractivity contribution in [1.82, 2.24) is 15.2 Å². The molecule has 3 aromatic rings. The Morgan fingerprint density at radius 2 is 1.61 bits per heavy atom. The number of aryl methyl sites for hydroxylation is 1. The fraction of sp³-hybridized carbons (Fsp3) is 0.259. The summed E-state index contributed by atoms with van der Waals surface area (Å²) in [5.74, 6) is 1.40. The van der Waals surface area contributed by atoms with Gasteiger partial charge in [-0.3, -0.25) is 14.6 Å². The molecule has 1 aliphatic heterocycles. The quantitative estimate of drug-likeness (QED) is 0.422. The lowest BCUT2D eigenvalue weighted by Crippen LogP contribution is -2.48. The first-order valence-electron chi connectivity index (χ1n) is 11.3. The zero-order valence-corrected chi connectivity index (χ0v) is 19.0. The Labute approximate surface area is 195 Å². The predicted octanol–water partition coefficient (Wildman–Crippen LogP) is 4.06. The molecule has 1 fully saturated rings.